The average Bonchev–Trinajstić information content (AvgIpc) is 2.14. The van der Waals surface area contributed by atoms with Crippen LogP contribution in [0.15, 0.2) is 18.3 Å². The SMILES string of the molecule is CCCNS(=O)(=O)Nc1ccnc(C)c1. The summed E-state index contributed by atoms with van der Waals surface area (Å²) in [7, 11) is -3.44. The van der Waals surface area contributed by atoms with E-state index in [0.29, 0.717) is 12.2 Å². The molecule has 0 fully saturated rings. The molecule has 15 heavy (non-hydrogen) atoms. The van der Waals surface area contributed by atoms with E-state index in [-0.39, 0.29) is 0 Å². The maximum absolute atomic E-state index is 11.4. The Hall–Kier alpha value is -1.14. The molecule has 0 aliphatic rings. The largest absolute Gasteiger partial charge is 0.299 e. The van der Waals surface area contributed by atoms with E-state index in [4.69, 9.17) is 0 Å². The predicted octanol–water partition coefficient (Wildman–Crippen LogP) is 1.05. The van der Waals surface area contributed by atoms with E-state index >= 15 is 0 Å². The van der Waals surface area contributed by atoms with Crippen LogP contribution in [0.4, 0.5) is 5.69 Å². The van der Waals surface area contributed by atoms with Crippen molar-refractivity contribution >= 4 is 15.9 Å². The Morgan fingerprint density at radius 2 is 2.20 bits per heavy atom. The zero-order valence-electron chi connectivity index (χ0n) is 8.82. The number of anilines is 1. The average molecular weight is 229 g/mol. The van der Waals surface area contributed by atoms with Gasteiger partial charge in [0.1, 0.15) is 0 Å². The molecular weight excluding hydrogens is 214 g/mol. The minimum absolute atomic E-state index is 0.430. The van der Waals surface area contributed by atoms with Crippen LogP contribution in [-0.2, 0) is 10.2 Å². The number of rotatable bonds is 5. The summed E-state index contributed by atoms with van der Waals surface area (Å²) in [4.78, 5) is 3.98. The highest BCUT2D eigenvalue weighted by Crippen LogP contribution is 2.08. The molecular formula is C9H15N3O2S. The van der Waals surface area contributed by atoms with Crippen molar-refractivity contribution in [1.82, 2.24) is 9.71 Å². The number of nitrogens with zero attached hydrogens (tertiary/aromatic N) is 1. The summed E-state index contributed by atoms with van der Waals surface area (Å²) < 4.78 is 27.7. The van der Waals surface area contributed by atoms with E-state index in [1.807, 2.05) is 6.92 Å². The monoisotopic (exact) mass is 229 g/mol. The van der Waals surface area contributed by atoms with E-state index < -0.39 is 10.2 Å². The molecule has 1 rings (SSSR count). The van der Waals surface area contributed by atoms with Crippen LogP contribution in [0.2, 0.25) is 0 Å². The molecule has 6 heteroatoms. The molecule has 0 saturated heterocycles. The summed E-state index contributed by atoms with van der Waals surface area (Å²) in [5.74, 6) is 0. The molecule has 0 bridgehead atoms. The third-order valence-corrected chi connectivity index (χ3v) is 2.78. The summed E-state index contributed by atoms with van der Waals surface area (Å²) >= 11 is 0. The molecule has 0 unspecified atom stereocenters. The van der Waals surface area contributed by atoms with Crippen molar-refractivity contribution in [2.45, 2.75) is 20.3 Å². The first-order valence-corrected chi connectivity index (χ1v) is 6.22. The van der Waals surface area contributed by atoms with E-state index in [9.17, 15) is 8.42 Å². The first kappa shape index (κ1) is 11.9. The van der Waals surface area contributed by atoms with Gasteiger partial charge in [0, 0.05) is 18.4 Å². The Bertz CT molecular complexity index is 417. The van der Waals surface area contributed by atoms with Crippen LogP contribution in [0.3, 0.4) is 0 Å². The molecule has 0 atom stereocenters. The molecule has 0 aliphatic heterocycles. The van der Waals surface area contributed by atoms with Crippen LogP contribution in [-0.4, -0.2) is 19.9 Å². The summed E-state index contributed by atoms with van der Waals surface area (Å²) in [5, 5.41) is 0. The normalized spacial score (nSPS) is 11.3. The fourth-order valence-electron chi connectivity index (χ4n) is 1.04. The lowest BCUT2D eigenvalue weighted by Crippen LogP contribution is -2.30. The Morgan fingerprint density at radius 1 is 1.47 bits per heavy atom. The van der Waals surface area contributed by atoms with Gasteiger partial charge in [-0.05, 0) is 25.5 Å². The van der Waals surface area contributed by atoms with Crippen LogP contribution in [0.5, 0.6) is 0 Å². The zero-order valence-corrected chi connectivity index (χ0v) is 9.63. The third kappa shape index (κ3) is 4.26. The number of pyridine rings is 1. The van der Waals surface area contributed by atoms with Gasteiger partial charge in [-0.2, -0.15) is 13.1 Å². The number of aromatic nitrogens is 1. The van der Waals surface area contributed by atoms with Gasteiger partial charge >= 0.3 is 0 Å². The second kappa shape index (κ2) is 5.09. The highest BCUT2D eigenvalue weighted by atomic mass is 32.2. The quantitative estimate of drug-likeness (QED) is 0.792. The highest BCUT2D eigenvalue weighted by molar-refractivity contribution is 7.90. The topological polar surface area (TPSA) is 71.1 Å². The van der Waals surface area contributed by atoms with Crippen LogP contribution < -0.4 is 9.44 Å². The first-order chi connectivity index (χ1) is 7.03. The maximum atomic E-state index is 11.4. The number of hydrogen-bond acceptors (Lipinski definition) is 3. The Morgan fingerprint density at radius 3 is 2.80 bits per heavy atom. The predicted molar refractivity (Wildman–Crippen MR) is 59.8 cm³/mol. The first-order valence-electron chi connectivity index (χ1n) is 4.73. The number of nitrogens with one attached hydrogen (secondary N) is 2. The Balaban J connectivity index is 2.69. The fraction of sp³-hybridized carbons (Fsp3) is 0.444. The van der Waals surface area contributed by atoms with E-state index in [0.717, 1.165) is 12.1 Å². The molecule has 0 spiro atoms. The van der Waals surface area contributed by atoms with Crippen LogP contribution in [0, 0.1) is 6.92 Å². The molecule has 0 aliphatic carbocycles. The Labute approximate surface area is 90.1 Å². The van der Waals surface area contributed by atoms with Crippen molar-refractivity contribution in [2.24, 2.45) is 0 Å². The van der Waals surface area contributed by atoms with Gasteiger partial charge < -0.3 is 0 Å². The molecule has 5 nitrogen and oxygen atoms in total. The van der Waals surface area contributed by atoms with Crippen molar-refractivity contribution < 1.29 is 8.42 Å². The van der Waals surface area contributed by atoms with Crippen LogP contribution >= 0.6 is 0 Å². The van der Waals surface area contributed by atoms with Gasteiger partial charge in [-0.25, -0.2) is 0 Å². The maximum Gasteiger partial charge on any atom is 0.299 e. The van der Waals surface area contributed by atoms with Gasteiger partial charge in [-0.15, -0.1) is 0 Å². The standard InChI is InChI=1S/C9H15N3O2S/c1-3-5-11-15(13,14)12-9-4-6-10-8(2)7-9/h4,6-7,11H,3,5H2,1-2H3,(H,10,12). The molecule has 2 N–H and O–H groups in total. The summed E-state index contributed by atoms with van der Waals surface area (Å²) in [6.07, 6.45) is 2.32. The minimum atomic E-state index is -3.44. The smallest absolute Gasteiger partial charge is 0.271 e. The van der Waals surface area contributed by atoms with E-state index in [2.05, 4.69) is 14.4 Å². The van der Waals surface area contributed by atoms with Gasteiger partial charge in [0.05, 0.1) is 5.69 Å². The highest BCUT2D eigenvalue weighted by Gasteiger charge is 2.07. The lowest BCUT2D eigenvalue weighted by Gasteiger charge is -2.08. The summed E-state index contributed by atoms with van der Waals surface area (Å²) in [5.41, 5.74) is 1.29. The van der Waals surface area contributed by atoms with E-state index in [1.54, 1.807) is 25.3 Å². The summed E-state index contributed by atoms with van der Waals surface area (Å²) in [6, 6.07) is 3.28. The molecule has 1 heterocycles. The second-order valence-electron chi connectivity index (χ2n) is 3.19. The van der Waals surface area contributed by atoms with Gasteiger partial charge in [0.25, 0.3) is 10.2 Å². The molecule has 0 amide bonds. The summed E-state index contributed by atoms with van der Waals surface area (Å²) in [6.45, 7) is 4.13. The van der Waals surface area contributed by atoms with Crippen LogP contribution in [0.25, 0.3) is 0 Å². The molecule has 0 aromatic carbocycles. The van der Waals surface area contributed by atoms with E-state index in [1.165, 1.54) is 0 Å². The fourth-order valence-corrected chi connectivity index (χ4v) is 2.02. The molecule has 84 valence electrons. The Kier molecular flexibility index (Phi) is 4.05. The van der Waals surface area contributed by atoms with Crippen molar-refractivity contribution in [3.63, 3.8) is 0 Å². The van der Waals surface area contributed by atoms with Crippen molar-refractivity contribution in [2.75, 3.05) is 11.3 Å². The van der Waals surface area contributed by atoms with Crippen molar-refractivity contribution in [3.05, 3.63) is 24.0 Å². The minimum Gasteiger partial charge on any atom is -0.271 e. The zero-order chi connectivity index (χ0) is 11.3. The van der Waals surface area contributed by atoms with Gasteiger partial charge in [-0.1, -0.05) is 6.92 Å². The second-order valence-corrected chi connectivity index (χ2v) is 4.69. The molecule has 0 radical (unpaired) electrons. The third-order valence-electron chi connectivity index (χ3n) is 1.69. The van der Waals surface area contributed by atoms with Gasteiger partial charge in [0.15, 0.2) is 0 Å². The lowest BCUT2D eigenvalue weighted by molar-refractivity contribution is 0.586. The van der Waals surface area contributed by atoms with Gasteiger partial charge in [0.2, 0.25) is 0 Å². The van der Waals surface area contributed by atoms with Crippen molar-refractivity contribution in [3.8, 4) is 0 Å². The lowest BCUT2D eigenvalue weighted by atomic mass is 10.3. The van der Waals surface area contributed by atoms with Gasteiger partial charge in [-0.3, -0.25) is 9.71 Å². The number of aryl methyl sites for hydroxylation is 1. The molecule has 1 aromatic heterocycles. The molecule has 0 saturated carbocycles. The van der Waals surface area contributed by atoms with Crippen LogP contribution in [0.1, 0.15) is 19.0 Å². The van der Waals surface area contributed by atoms with Crippen molar-refractivity contribution in [1.29, 1.82) is 0 Å². The number of hydrogen-bond donors (Lipinski definition) is 2. The molecule has 1 aromatic rings.